The fourth-order valence-electron chi connectivity index (χ4n) is 2.60. The number of halogens is 1. The summed E-state index contributed by atoms with van der Waals surface area (Å²) in [4.78, 5) is 25.4. The fraction of sp³-hybridized carbons (Fsp3) is 0.150. The summed E-state index contributed by atoms with van der Waals surface area (Å²) in [6.45, 7) is 0.0311. The molecule has 0 spiro atoms. The molecule has 0 atom stereocenters. The zero-order valence-electron chi connectivity index (χ0n) is 15.3. The lowest BCUT2D eigenvalue weighted by atomic mass is 10.2. The summed E-state index contributed by atoms with van der Waals surface area (Å²) in [6.07, 6.45) is 1.60. The number of carboxylic acids is 1. The van der Waals surface area contributed by atoms with Crippen molar-refractivity contribution in [3.8, 4) is 11.5 Å². The number of ether oxygens (including phenoxy) is 2. The zero-order valence-corrected chi connectivity index (χ0v) is 17.6. The number of hydrogen-bond acceptors (Lipinski definition) is 6. The molecule has 1 saturated heterocycles. The Morgan fingerprint density at radius 2 is 2.07 bits per heavy atom. The molecule has 9 heteroatoms. The minimum atomic E-state index is -0.942. The van der Waals surface area contributed by atoms with Crippen LogP contribution in [0, 0.1) is 0 Å². The largest absolute Gasteiger partial charge is 0.493 e. The van der Waals surface area contributed by atoms with Gasteiger partial charge in [-0.3, -0.25) is 14.5 Å². The highest BCUT2D eigenvalue weighted by atomic mass is 35.5. The van der Waals surface area contributed by atoms with Gasteiger partial charge in [-0.15, -0.1) is 0 Å². The number of rotatable bonds is 7. The molecular formula is C20H16ClNO5S2. The van der Waals surface area contributed by atoms with E-state index in [1.165, 1.54) is 23.8 Å². The Kier molecular flexibility index (Phi) is 6.79. The first-order chi connectivity index (χ1) is 13.9. The molecule has 150 valence electrons. The van der Waals surface area contributed by atoms with E-state index in [4.69, 9.17) is 38.4 Å². The Morgan fingerprint density at radius 3 is 2.76 bits per heavy atom. The van der Waals surface area contributed by atoms with Gasteiger partial charge in [0.2, 0.25) is 0 Å². The van der Waals surface area contributed by atoms with Gasteiger partial charge in [-0.1, -0.05) is 47.7 Å². The van der Waals surface area contributed by atoms with Crippen LogP contribution in [0.25, 0.3) is 6.08 Å². The smallest absolute Gasteiger partial charge is 0.306 e. The number of carbonyl (C=O) groups is 2. The lowest BCUT2D eigenvalue weighted by molar-refractivity contribution is -0.137. The Morgan fingerprint density at radius 1 is 1.28 bits per heavy atom. The Labute approximate surface area is 182 Å². The topological polar surface area (TPSA) is 76.1 Å². The van der Waals surface area contributed by atoms with Gasteiger partial charge in [-0.2, -0.15) is 0 Å². The van der Waals surface area contributed by atoms with E-state index in [9.17, 15) is 9.59 Å². The van der Waals surface area contributed by atoms with E-state index in [0.29, 0.717) is 31.4 Å². The molecule has 0 unspecified atom stereocenters. The normalized spacial score (nSPS) is 15.1. The zero-order chi connectivity index (χ0) is 21.0. The molecule has 0 aliphatic carbocycles. The molecule has 0 saturated carbocycles. The van der Waals surface area contributed by atoms with Crippen LogP contribution in [-0.4, -0.2) is 35.0 Å². The quantitative estimate of drug-likeness (QED) is 0.488. The molecule has 1 N–H and O–H groups in total. The Hall–Kier alpha value is -2.55. The van der Waals surface area contributed by atoms with Crippen molar-refractivity contribution in [3.05, 3.63) is 58.0 Å². The minimum Gasteiger partial charge on any atom is -0.493 e. The highest BCUT2D eigenvalue weighted by Crippen LogP contribution is 2.37. The van der Waals surface area contributed by atoms with E-state index in [0.717, 1.165) is 5.56 Å². The Balaban J connectivity index is 1.81. The molecule has 0 radical (unpaired) electrons. The maximum Gasteiger partial charge on any atom is 0.306 e. The summed E-state index contributed by atoms with van der Waals surface area (Å²) in [5, 5.41) is 9.23. The molecular weight excluding hydrogens is 434 g/mol. The highest BCUT2D eigenvalue weighted by molar-refractivity contribution is 8.27. The summed E-state index contributed by atoms with van der Waals surface area (Å²) in [7, 11) is 1.49. The molecule has 1 amide bonds. The number of nitrogens with zero attached hydrogens (tertiary/aromatic N) is 1. The molecule has 6 nitrogen and oxygen atoms in total. The van der Waals surface area contributed by atoms with Gasteiger partial charge in [-0.25, -0.2) is 0 Å². The highest BCUT2D eigenvalue weighted by Gasteiger charge is 2.33. The van der Waals surface area contributed by atoms with Crippen molar-refractivity contribution in [2.24, 2.45) is 0 Å². The molecule has 1 heterocycles. The molecule has 1 aliphatic heterocycles. The number of thiocarbonyl (C=S) groups is 1. The number of aliphatic carboxylic acids is 1. The van der Waals surface area contributed by atoms with Gasteiger partial charge in [0.25, 0.3) is 5.91 Å². The van der Waals surface area contributed by atoms with Gasteiger partial charge in [0, 0.05) is 5.02 Å². The molecule has 1 fully saturated rings. The first-order valence-electron chi connectivity index (χ1n) is 8.45. The first-order valence-corrected chi connectivity index (χ1v) is 10.1. The van der Waals surface area contributed by atoms with Gasteiger partial charge < -0.3 is 14.6 Å². The second kappa shape index (κ2) is 9.30. The lowest BCUT2D eigenvalue weighted by Gasteiger charge is -2.14. The maximum absolute atomic E-state index is 12.9. The van der Waals surface area contributed by atoms with Gasteiger partial charge in [0.05, 0.1) is 30.7 Å². The van der Waals surface area contributed by atoms with Crippen LogP contribution in [0.5, 0.6) is 11.5 Å². The summed E-state index contributed by atoms with van der Waals surface area (Å²) < 4.78 is 11.2. The number of hydrogen-bond donors (Lipinski definition) is 1. The van der Waals surface area contributed by atoms with E-state index in [2.05, 4.69) is 0 Å². The molecule has 0 bridgehead atoms. The van der Waals surface area contributed by atoms with Crippen molar-refractivity contribution in [3.63, 3.8) is 0 Å². The average molecular weight is 450 g/mol. The molecule has 2 aromatic carbocycles. The number of anilines is 1. The SMILES string of the molecule is COc1cc(/C=C2/SC(=S)N(c3cccc(Cl)c3)C2=O)ccc1OCCC(=O)O. The number of methoxy groups -OCH3 is 1. The average Bonchev–Trinajstić information content (AvgIpc) is 2.95. The van der Waals surface area contributed by atoms with Crippen LogP contribution in [0.15, 0.2) is 47.4 Å². The van der Waals surface area contributed by atoms with Crippen LogP contribution < -0.4 is 14.4 Å². The third-order valence-corrected chi connectivity index (χ3v) is 5.46. The van der Waals surface area contributed by atoms with Crippen LogP contribution in [-0.2, 0) is 9.59 Å². The number of thioether (sulfide) groups is 1. The van der Waals surface area contributed by atoms with E-state index < -0.39 is 5.97 Å². The molecule has 0 aromatic heterocycles. The minimum absolute atomic E-state index is 0.0311. The number of carboxylic acid groups (broad SMARTS) is 1. The van der Waals surface area contributed by atoms with Crippen molar-refractivity contribution in [2.75, 3.05) is 18.6 Å². The van der Waals surface area contributed by atoms with Crippen LogP contribution in [0.1, 0.15) is 12.0 Å². The van der Waals surface area contributed by atoms with Crippen LogP contribution in [0.2, 0.25) is 5.02 Å². The number of carbonyl (C=O) groups excluding carboxylic acids is 1. The summed E-state index contributed by atoms with van der Waals surface area (Å²) >= 11 is 12.6. The summed E-state index contributed by atoms with van der Waals surface area (Å²) in [6, 6.07) is 12.1. The van der Waals surface area contributed by atoms with E-state index in [-0.39, 0.29) is 18.9 Å². The number of benzene rings is 2. The molecule has 2 aromatic rings. The van der Waals surface area contributed by atoms with Crippen molar-refractivity contribution in [1.29, 1.82) is 0 Å². The Bertz CT molecular complexity index is 1010. The van der Waals surface area contributed by atoms with Crippen molar-refractivity contribution >= 4 is 63.5 Å². The van der Waals surface area contributed by atoms with Crippen molar-refractivity contribution < 1.29 is 24.2 Å². The predicted octanol–water partition coefficient (Wildman–Crippen LogP) is 4.61. The van der Waals surface area contributed by atoms with Crippen LogP contribution in [0.4, 0.5) is 5.69 Å². The first kappa shape index (κ1) is 21.2. The molecule has 3 rings (SSSR count). The van der Waals surface area contributed by atoms with Gasteiger partial charge in [0.15, 0.2) is 15.8 Å². The van der Waals surface area contributed by atoms with Gasteiger partial charge in [0.1, 0.15) is 0 Å². The van der Waals surface area contributed by atoms with Crippen LogP contribution in [0.3, 0.4) is 0 Å². The van der Waals surface area contributed by atoms with E-state index in [1.54, 1.807) is 48.5 Å². The second-order valence-corrected chi connectivity index (χ2v) is 8.01. The van der Waals surface area contributed by atoms with Gasteiger partial charge in [-0.05, 0) is 42.0 Å². The number of amides is 1. The van der Waals surface area contributed by atoms with E-state index >= 15 is 0 Å². The standard InChI is InChI=1S/C20H16ClNO5S2/c1-26-16-9-12(5-6-15(16)27-8-7-18(23)24)10-17-19(25)22(20(28)29-17)14-4-2-3-13(21)11-14/h2-6,9-11H,7-8H2,1H3,(H,23,24)/b17-10+. The van der Waals surface area contributed by atoms with Crippen LogP contribution >= 0.6 is 35.6 Å². The summed E-state index contributed by atoms with van der Waals surface area (Å²) in [5.41, 5.74) is 1.34. The van der Waals surface area contributed by atoms with E-state index in [1.807, 2.05) is 0 Å². The van der Waals surface area contributed by atoms with Crippen molar-refractivity contribution in [1.82, 2.24) is 0 Å². The predicted molar refractivity (Wildman–Crippen MR) is 118 cm³/mol. The van der Waals surface area contributed by atoms with Crippen molar-refractivity contribution in [2.45, 2.75) is 6.42 Å². The molecule has 29 heavy (non-hydrogen) atoms. The fourth-order valence-corrected chi connectivity index (χ4v) is 4.08. The molecule has 1 aliphatic rings. The van der Waals surface area contributed by atoms with Gasteiger partial charge >= 0.3 is 5.97 Å². The monoisotopic (exact) mass is 449 g/mol. The summed E-state index contributed by atoms with van der Waals surface area (Å²) in [5.74, 6) is -0.308. The lowest BCUT2D eigenvalue weighted by Crippen LogP contribution is -2.27. The second-order valence-electron chi connectivity index (χ2n) is 5.90. The third-order valence-electron chi connectivity index (χ3n) is 3.92. The maximum atomic E-state index is 12.9. The third kappa shape index (κ3) is 5.09.